The fourth-order valence-electron chi connectivity index (χ4n) is 1.81. The molecular formula is C15H18FN3OS. The number of hydrogen-bond acceptors (Lipinski definition) is 3. The zero-order valence-corrected chi connectivity index (χ0v) is 12.8. The van der Waals surface area contributed by atoms with Crippen LogP contribution in [0.25, 0.3) is 0 Å². The second-order valence-corrected chi connectivity index (χ2v) is 5.36. The van der Waals surface area contributed by atoms with Crippen LogP contribution in [0, 0.1) is 5.82 Å². The summed E-state index contributed by atoms with van der Waals surface area (Å²) in [7, 11) is 3.16. The molecular weight excluding hydrogens is 289 g/mol. The van der Waals surface area contributed by atoms with Gasteiger partial charge in [0.15, 0.2) is 17.5 Å². The maximum Gasteiger partial charge on any atom is 0.191 e. The molecule has 1 aromatic carbocycles. The van der Waals surface area contributed by atoms with Crippen molar-refractivity contribution in [1.29, 1.82) is 0 Å². The summed E-state index contributed by atoms with van der Waals surface area (Å²) in [6.07, 6.45) is 0. The molecule has 21 heavy (non-hydrogen) atoms. The Kier molecular flexibility index (Phi) is 5.57. The molecule has 0 aliphatic heterocycles. The van der Waals surface area contributed by atoms with E-state index in [2.05, 4.69) is 21.7 Å². The lowest BCUT2D eigenvalue weighted by Gasteiger charge is -2.12. The lowest BCUT2D eigenvalue weighted by molar-refractivity contribution is 0.386. The third-order valence-electron chi connectivity index (χ3n) is 2.91. The van der Waals surface area contributed by atoms with Crippen LogP contribution < -0.4 is 15.4 Å². The maximum absolute atomic E-state index is 13.6. The molecule has 0 bridgehead atoms. The SMILES string of the molecule is CN=C(NCc1ccc(OC)c(F)c1)NCc1cccs1. The molecule has 0 aliphatic rings. The minimum atomic E-state index is -0.363. The molecule has 2 rings (SSSR count). The zero-order valence-electron chi connectivity index (χ0n) is 12.0. The average molecular weight is 307 g/mol. The van der Waals surface area contributed by atoms with Crippen molar-refractivity contribution in [2.24, 2.45) is 4.99 Å². The van der Waals surface area contributed by atoms with Crippen LogP contribution in [0.5, 0.6) is 5.75 Å². The van der Waals surface area contributed by atoms with Crippen molar-refractivity contribution in [3.05, 3.63) is 52.0 Å². The number of thiophene rings is 1. The van der Waals surface area contributed by atoms with Crippen molar-refractivity contribution in [1.82, 2.24) is 10.6 Å². The number of halogens is 1. The van der Waals surface area contributed by atoms with Gasteiger partial charge in [0.25, 0.3) is 0 Å². The summed E-state index contributed by atoms with van der Waals surface area (Å²) < 4.78 is 18.5. The van der Waals surface area contributed by atoms with Crippen molar-refractivity contribution in [3.8, 4) is 5.75 Å². The van der Waals surface area contributed by atoms with Gasteiger partial charge in [0, 0.05) is 18.5 Å². The molecule has 0 unspecified atom stereocenters. The predicted octanol–water partition coefficient (Wildman–Crippen LogP) is 2.76. The fraction of sp³-hybridized carbons (Fsp3) is 0.267. The van der Waals surface area contributed by atoms with Crippen LogP contribution in [0.3, 0.4) is 0 Å². The fourth-order valence-corrected chi connectivity index (χ4v) is 2.45. The number of ether oxygens (including phenoxy) is 1. The monoisotopic (exact) mass is 307 g/mol. The Hall–Kier alpha value is -2.08. The van der Waals surface area contributed by atoms with Crippen LogP contribution in [0.1, 0.15) is 10.4 Å². The summed E-state index contributed by atoms with van der Waals surface area (Å²) in [5, 5.41) is 8.39. The average Bonchev–Trinajstić information content (AvgIpc) is 3.01. The summed E-state index contributed by atoms with van der Waals surface area (Å²) in [4.78, 5) is 5.37. The van der Waals surface area contributed by atoms with Gasteiger partial charge in [-0.05, 0) is 29.1 Å². The molecule has 0 spiro atoms. The van der Waals surface area contributed by atoms with Crippen LogP contribution >= 0.6 is 11.3 Å². The van der Waals surface area contributed by atoms with Crippen LogP contribution in [0.15, 0.2) is 40.7 Å². The van der Waals surface area contributed by atoms with Crippen LogP contribution in [0.2, 0.25) is 0 Å². The first-order chi connectivity index (χ1) is 10.2. The van der Waals surface area contributed by atoms with Crippen molar-refractivity contribution in [3.63, 3.8) is 0 Å². The van der Waals surface area contributed by atoms with Gasteiger partial charge in [-0.15, -0.1) is 11.3 Å². The van der Waals surface area contributed by atoms with E-state index in [9.17, 15) is 4.39 Å². The number of methoxy groups -OCH3 is 1. The number of guanidine groups is 1. The van der Waals surface area contributed by atoms with E-state index >= 15 is 0 Å². The van der Waals surface area contributed by atoms with Gasteiger partial charge >= 0.3 is 0 Å². The highest BCUT2D eigenvalue weighted by molar-refractivity contribution is 7.09. The number of nitrogens with one attached hydrogen (secondary N) is 2. The van der Waals surface area contributed by atoms with Gasteiger partial charge in [-0.3, -0.25) is 4.99 Å². The molecule has 0 saturated heterocycles. The van der Waals surface area contributed by atoms with E-state index in [0.717, 1.165) is 5.56 Å². The Balaban J connectivity index is 1.86. The van der Waals surface area contributed by atoms with Crippen LogP contribution in [-0.4, -0.2) is 20.1 Å². The highest BCUT2D eigenvalue weighted by Crippen LogP contribution is 2.17. The zero-order chi connectivity index (χ0) is 15.1. The van der Waals surface area contributed by atoms with Gasteiger partial charge in [-0.2, -0.15) is 0 Å². The van der Waals surface area contributed by atoms with E-state index in [1.165, 1.54) is 18.1 Å². The molecule has 0 saturated carbocycles. The molecule has 0 atom stereocenters. The number of hydrogen-bond donors (Lipinski definition) is 2. The van der Waals surface area contributed by atoms with Crippen molar-refractivity contribution < 1.29 is 9.13 Å². The summed E-state index contributed by atoms with van der Waals surface area (Å²) in [6, 6.07) is 8.97. The van der Waals surface area contributed by atoms with E-state index in [4.69, 9.17) is 4.74 Å². The quantitative estimate of drug-likeness (QED) is 0.659. The van der Waals surface area contributed by atoms with Crippen molar-refractivity contribution in [2.75, 3.05) is 14.2 Å². The number of rotatable bonds is 5. The van der Waals surface area contributed by atoms with E-state index in [1.54, 1.807) is 24.5 Å². The first kappa shape index (κ1) is 15.3. The lowest BCUT2D eigenvalue weighted by Crippen LogP contribution is -2.36. The first-order valence-corrected chi connectivity index (χ1v) is 7.40. The summed E-state index contributed by atoms with van der Waals surface area (Å²) in [6.45, 7) is 1.21. The summed E-state index contributed by atoms with van der Waals surface area (Å²) in [5.41, 5.74) is 0.826. The van der Waals surface area contributed by atoms with E-state index in [1.807, 2.05) is 17.5 Å². The minimum Gasteiger partial charge on any atom is -0.494 e. The van der Waals surface area contributed by atoms with Gasteiger partial charge in [-0.1, -0.05) is 12.1 Å². The molecule has 0 aliphatic carbocycles. The molecule has 0 fully saturated rings. The second-order valence-electron chi connectivity index (χ2n) is 4.33. The molecule has 1 aromatic heterocycles. The van der Waals surface area contributed by atoms with Gasteiger partial charge in [-0.25, -0.2) is 4.39 Å². The lowest BCUT2D eigenvalue weighted by atomic mass is 10.2. The topological polar surface area (TPSA) is 45.7 Å². The molecule has 0 amide bonds. The highest BCUT2D eigenvalue weighted by atomic mass is 32.1. The Labute approximate surface area is 127 Å². The molecule has 2 N–H and O–H groups in total. The summed E-state index contributed by atoms with van der Waals surface area (Å²) in [5.74, 6) is 0.567. The molecule has 2 aromatic rings. The second kappa shape index (κ2) is 7.64. The van der Waals surface area contributed by atoms with E-state index < -0.39 is 0 Å². The van der Waals surface area contributed by atoms with Crippen LogP contribution in [0.4, 0.5) is 4.39 Å². The molecule has 6 heteroatoms. The van der Waals surface area contributed by atoms with Crippen molar-refractivity contribution >= 4 is 17.3 Å². The Bertz CT molecular complexity index is 599. The third kappa shape index (κ3) is 4.46. The van der Waals surface area contributed by atoms with Crippen molar-refractivity contribution in [2.45, 2.75) is 13.1 Å². The van der Waals surface area contributed by atoms with Gasteiger partial charge in [0.2, 0.25) is 0 Å². The smallest absolute Gasteiger partial charge is 0.191 e. The third-order valence-corrected chi connectivity index (χ3v) is 3.79. The van der Waals surface area contributed by atoms with Gasteiger partial charge in [0.1, 0.15) is 0 Å². The number of aliphatic imine (C=N–C) groups is 1. The molecule has 1 heterocycles. The maximum atomic E-state index is 13.6. The minimum absolute atomic E-state index is 0.249. The largest absolute Gasteiger partial charge is 0.494 e. The highest BCUT2D eigenvalue weighted by Gasteiger charge is 2.04. The number of benzene rings is 1. The number of nitrogens with zero attached hydrogens (tertiary/aromatic N) is 1. The van der Waals surface area contributed by atoms with Crippen LogP contribution in [-0.2, 0) is 13.1 Å². The Morgan fingerprint density at radius 1 is 1.29 bits per heavy atom. The molecule has 0 radical (unpaired) electrons. The van der Waals surface area contributed by atoms with Gasteiger partial charge < -0.3 is 15.4 Å². The predicted molar refractivity (Wildman–Crippen MR) is 84.3 cm³/mol. The summed E-state index contributed by atoms with van der Waals surface area (Å²) >= 11 is 1.69. The molecule has 112 valence electrons. The first-order valence-electron chi connectivity index (χ1n) is 6.52. The van der Waals surface area contributed by atoms with E-state index in [-0.39, 0.29) is 11.6 Å². The van der Waals surface area contributed by atoms with Gasteiger partial charge in [0.05, 0.1) is 13.7 Å². The van der Waals surface area contributed by atoms with E-state index in [0.29, 0.717) is 19.0 Å². The standard InChI is InChI=1S/C15H18FN3OS/c1-17-15(19-10-12-4-3-7-21-12)18-9-11-5-6-14(20-2)13(16)8-11/h3-8H,9-10H2,1-2H3,(H2,17,18,19). The Morgan fingerprint density at radius 3 is 2.71 bits per heavy atom. The molecule has 4 nitrogen and oxygen atoms in total. The normalized spacial score (nSPS) is 11.3. The Morgan fingerprint density at radius 2 is 2.10 bits per heavy atom.